The molecule has 0 unspecified atom stereocenters. The number of rotatable bonds is 5. The number of nitrogens with zero attached hydrogens (tertiary/aromatic N) is 5. The lowest BCUT2D eigenvalue weighted by Gasteiger charge is -2.41. The number of ether oxygens (including phenoxy) is 1. The lowest BCUT2D eigenvalue weighted by Crippen LogP contribution is -2.55. The van der Waals surface area contributed by atoms with Crippen molar-refractivity contribution in [3.63, 3.8) is 0 Å². The van der Waals surface area contributed by atoms with Crippen molar-refractivity contribution >= 4 is 34.7 Å². The van der Waals surface area contributed by atoms with Crippen LogP contribution in [0.2, 0.25) is 5.15 Å². The second kappa shape index (κ2) is 8.99. The fourth-order valence-electron chi connectivity index (χ4n) is 3.07. The highest BCUT2D eigenvalue weighted by Crippen LogP contribution is 2.38. The van der Waals surface area contributed by atoms with E-state index in [1.54, 1.807) is 30.0 Å². The number of thiazole rings is 1. The minimum absolute atomic E-state index is 0.343. The Hall–Kier alpha value is -2.04. The van der Waals surface area contributed by atoms with Crippen LogP contribution in [0.15, 0.2) is 34.9 Å². The maximum atomic E-state index is 11.0. The number of thioether (sulfide) groups is 1. The Morgan fingerprint density at radius 1 is 1.33 bits per heavy atom. The first-order chi connectivity index (χ1) is 14.5. The molecule has 0 amide bonds. The lowest BCUT2D eigenvalue weighted by atomic mass is 9.97. The molecule has 3 aromatic rings. The van der Waals surface area contributed by atoms with Gasteiger partial charge < -0.3 is 20.1 Å². The quantitative estimate of drug-likeness (QED) is 0.476. The van der Waals surface area contributed by atoms with Crippen LogP contribution in [0.4, 0.5) is 0 Å². The van der Waals surface area contributed by atoms with E-state index in [-0.39, 0.29) is 0 Å². The fraction of sp³-hybridized carbons (Fsp3) is 0.333. The van der Waals surface area contributed by atoms with Crippen molar-refractivity contribution in [3.8, 4) is 23.0 Å². The van der Waals surface area contributed by atoms with Gasteiger partial charge in [-0.1, -0.05) is 34.5 Å². The highest BCUT2D eigenvalue weighted by Gasteiger charge is 2.46. The van der Waals surface area contributed by atoms with Crippen molar-refractivity contribution in [2.45, 2.75) is 34.7 Å². The Bertz CT molecular complexity index is 1070. The van der Waals surface area contributed by atoms with Gasteiger partial charge in [-0.2, -0.15) is 0 Å². The second-order valence-electron chi connectivity index (χ2n) is 6.43. The summed E-state index contributed by atoms with van der Waals surface area (Å²) < 4.78 is 7.08. The molecular formula is C18H16ClN5O4S2. The van der Waals surface area contributed by atoms with Crippen LogP contribution >= 0.6 is 34.7 Å². The third-order valence-corrected chi connectivity index (χ3v) is 6.80. The summed E-state index contributed by atoms with van der Waals surface area (Å²) in [5, 5.41) is 42.0. The maximum absolute atomic E-state index is 11.0. The van der Waals surface area contributed by atoms with Crippen LogP contribution in [-0.4, -0.2) is 70.6 Å². The van der Waals surface area contributed by atoms with Gasteiger partial charge in [-0.05, 0) is 6.07 Å². The predicted octanol–water partition coefficient (Wildman–Crippen LogP) is 1.20. The van der Waals surface area contributed by atoms with Gasteiger partial charge >= 0.3 is 0 Å². The van der Waals surface area contributed by atoms with Crippen molar-refractivity contribution < 1.29 is 20.1 Å². The molecule has 0 saturated carbocycles. The Labute approximate surface area is 184 Å². The molecule has 156 valence electrons. The number of terminal acetylenes is 1. The molecule has 4 rings (SSSR count). The van der Waals surface area contributed by atoms with Crippen LogP contribution in [0.3, 0.4) is 0 Å². The van der Waals surface area contributed by atoms with Gasteiger partial charge in [-0.25, -0.2) is 9.67 Å². The van der Waals surface area contributed by atoms with Crippen molar-refractivity contribution in [3.05, 3.63) is 40.8 Å². The first-order valence-corrected chi connectivity index (χ1v) is 10.9. The molecule has 30 heavy (non-hydrogen) atoms. The SMILES string of the molecule is C#Cc1cncc(S[C@H]2O[C@H](CO)[C@H](O)[C@H](n3cc(-c4nc(Cl)cs4)nn3)[C@H]2O)c1. The van der Waals surface area contributed by atoms with Crippen molar-refractivity contribution in [2.24, 2.45) is 0 Å². The molecule has 0 spiro atoms. The summed E-state index contributed by atoms with van der Waals surface area (Å²) in [4.78, 5) is 8.90. The van der Waals surface area contributed by atoms with Crippen LogP contribution in [-0.2, 0) is 4.74 Å². The molecule has 0 radical (unpaired) electrons. The topological polar surface area (TPSA) is 126 Å². The molecule has 0 bridgehead atoms. The highest BCUT2D eigenvalue weighted by molar-refractivity contribution is 7.99. The van der Waals surface area contributed by atoms with Crippen LogP contribution in [0, 0.1) is 12.3 Å². The zero-order valence-electron chi connectivity index (χ0n) is 15.2. The number of aromatic nitrogens is 5. The molecule has 3 aromatic heterocycles. The Balaban J connectivity index is 1.61. The van der Waals surface area contributed by atoms with Crippen LogP contribution < -0.4 is 0 Å². The van der Waals surface area contributed by atoms with Crippen LogP contribution in [0.25, 0.3) is 10.7 Å². The fourth-order valence-corrected chi connectivity index (χ4v) is 5.05. The molecule has 1 fully saturated rings. The Morgan fingerprint density at radius 3 is 2.87 bits per heavy atom. The zero-order chi connectivity index (χ0) is 21.3. The number of halogens is 1. The monoisotopic (exact) mass is 465 g/mol. The van der Waals surface area contributed by atoms with E-state index in [4.69, 9.17) is 22.8 Å². The summed E-state index contributed by atoms with van der Waals surface area (Å²) in [7, 11) is 0. The Kier molecular flexibility index (Phi) is 6.35. The molecule has 1 aliphatic heterocycles. The average Bonchev–Trinajstić information content (AvgIpc) is 3.39. The van der Waals surface area contributed by atoms with Gasteiger partial charge in [-0.15, -0.1) is 22.9 Å². The van der Waals surface area contributed by atoms with E-state index in [0.29, 0.717) is 26.3 Å². The van der Waals surface area contributed by atoms with E-state index < -0.39 is 36.4 Å². The predicted molar refractivity (Wildman–Crippen MR) is 111 cm³/mol. The number of aliphatic hydroxyl groups excluding tert-OH is 3. The number of hydrogen-bond acceptors (Lipinski definition) is 10. The third kappa shape index (κ3) is 4.21. The summed E-state index contributed by atoms with van der Waals surface area (Å²) >= 11 is 8.35. The minimum atomic E-state index is -1.22. The maximum Gasteiger partial charge on any atom is 0.147 e. The summed E-state index contributed by atoms with van der Waals surface area (Å²) in [5.74, 6) is 2.50. The van der Waals surface area contributed by atoms with Gasteiger partial charge in [0, 0.05) is 28.2 Å². The second-order valence-corrected chi connectivity index (χ2v) is 8.85. The molecular weight excluding hydrogens is 450 g/mol. The van der Waals surface area contributed by atoms with Crippen LogP contribution in [0.5, 0.6) is 0 Å². The first-order valence-electron chi connectivity index (χ1n) is 8.74. The van der Waals surface area contributed by atoms with Gasteiger partial charge in [0.2, 0.25) is 0 Å². The molecule has 3 N–H and O–H groups in total. The van der Waals surface area contributed by atoms with Gasteiger partial charge in [0.05, 0.1) is 12.8 Å². The largest absolute Gasteiger partial charge is 0.394 e. The van der Waals surface area contributed by atoms with E-state index in [1.807, 2.05) is 0 Å². The smallest absolute Gasteiger partial charge is 0.147 e. The summed E-state index contributed by atoms with van der Waals surface area (Å²) in [6.45, 7) is -0.437. The van der Waals surface area contributed by atoms with Crippen molar-refractivity contribution in [1.82, 2.24) is 25.0 Å². The van der Waals surface area contributed by atoms with Gasteiger partial charge in [0.1, 0.15) is 45.6 Å². The van der Waals surface area contributed by atoms with Crippen LogP contribution in [0.1, 0.15) is 11.6 Å². The van der Waals surface area contributed by atoms with Gasteiger partial charge in [-0.3, -0.25) is 4.98 Å². The lowest BCUT2D eigenvalue weighted by molar-refractivity contribution is -0.178. The summed E-state index contributed by atoms with van der Waals surface area (Å²) in [5.41, 5.74) is 0.226. The summed E-state index contributed by atoms with van der Waals surface area (Å²) in [6.07, 6.45) is 6.80. The number of pyridine rings is 1. The van der Waals surface area contributed by atoms with Crippen molar-refractivity contribution in [1.29, 1.82) is 0 Å². The molecule has 0 aromatic carbocycles. The zero-order valence-corrected chi connectivity index (χ0v) is 17.6. The molecule has 12 heteroatoms. The molecule has 5 atom stereocenters. The van der Waals surface area contributed by atoms with E-state index in [0.717, 1.165) is 0 Å². The molecule has 0 aliphatic carbocycles. The molecule has 4 heterocycles. The highest BCUT2D eigenvalue weighted by atomic mass is 35.5. The molecule has 9 nitrogen and oxygen atoms in total. The van der Waals surface area contributed by atoms with E-state index in [2.05, 4.69) is 26.2 Å². The number of hydrogen-bond donors (Lipinski definition) is 3. The van der Waals surface area contributed by atoms with Gasteiger partial charge in [0.25, 0.3) is 0 Å². The van der Waals surface area contributed by atoms with Gasteiger partial charge in [0.15, 0.2) is 0 Å². The third-order valence-electron chi connectivity index (χ3n) is 4.49. The average molecular weight is 466 g/mol. The van der Waals surface area contributed by atoms with E-state index >= 15 is 0 Å². The number of aliphatic hydroxyl groups is 3. The molecule has 1 aliphatic rings. The standard InChI is InChI=1S/C18H16ClN5O4S2/c1-2-9-3-10(5-20-4-9)30-18-16(27)14(15(26)12(7-25)28-18)24-6-11(22-23-24)17-21-13(19)8-29-17/h1,3-6,8,12,14-16,18,25-27H,7H2/t12-,14+,15+,16-,18-/m1/s1. The normalized spacial score (nSPS) is 26.4. The minimum Gasteiger partial charge on any atom is -0.394 e. The molecule has 1 saturated heterocycles. The van der Waals surface area contributed by atoms with E-state index in [1.165, 1.54) is 27.8 Å². The van der Waals surface area contributed by atoms with E-state index in [9.17, 15) is 15.3 Å². The summed E-state index contributed by atoms with van der Waals surface area (Å²) in [6, 6.07) is 0.829. The Morgan fingerprint density at radius 2 is 2.17 bits per heavy atom. The first kappa shape index (κ1) is 21.2. The van der Waals surface area contributed by atoms with Crippen molar-refractivity contribution in [2.75, 3.05) is 6.61 Å².